The van der Waals surface area contributed by atoms with E-state index < -0.39 is 36.1 Å². The third-order valence-corrected chi connectivity index (χ3v) is 5.55. The first-order chi connectivity index (χ1) is 15.3. The summed E-state index contributed by atoms with van der Waals surface area (Å²) in [6.07, 6.45) is -1.46. The van der Waals surface area contributed by atoms with Crippen molar-refractivity contribution < 1.29 is 24.2 Å². The van der Waals surface area contributed by atoms with Crippen LogP contribution in [0.3, 0.4) is 0 Å². The van der Waals surface area contributed by atoms with Crippen molar-refractivity contribution >= 4 is 29.7 Å². The fourth-order valence-electron chi connectivity index (χ4n) is 2.55. The Morgan fingerprint density at radius 3 is 2.16 bits per heavy atom. The maximum Gasteiger partial charge on any atom is 0.408 e. The normalized spacial score (nSPS) is 13.3. The zero-order chi connectivity index (χ0) is 23.3. The second kappa shape index (κ2) is 13.4. The lowest BCUT2D eigenvalue weighted by Crippen LogP contribution is -2.52. The van der Waals surface area contributed by atoms with Crippen LogP contribution in [-0.4, -0.2) is 53.5 Å². The summed E-state index contributed by atoms with van der Waals surface area (Å²) in [5, 5.41) is 17.6. The molecule has 2 rings (SSSR count). The van der Waals surface area contributed by atoms with E-state index in [4.69, 9.17) is 4.74 Å². The number of carbonyl (C=O) groups excluding carboxylic acids is 3. The maximum absolute atomic E-state index is 12.3. The summed E-state index contributed by atoms with van der Waals surface area (Å²) in [6.45, 7) is 3.18. The van der Waals surface area contributed by atoms with Gasteiger partial charge in [0.15, 0.2) is 0 Å². The third-order valence-electron chi connectivity index (χ3n) is 4.39. The summed E-state index contributed by atoms with van der Waals surface area (Å²) in [4.78, 5) is 37.4. The molecule has 0 aliphatic carbocycles. The minimum atomic E-state index is -0.888. The van der Waals surface area contributed by atoms with E-state index in [2.05, 4.69) is 16.0 Å². The molecule has 0 radical (unpaired) electrons. The zero-order valence-corrected chi connectivity index (χ0v) is 18.9. The van der Waals surface area contributed by atoms with E-state index in [1.165, 1.54) is 25.6 Å². The Morgan fingerprint density at radius 2 is 1.50 bits per heavy atom. The molecule has 3 amide bonds. The summed E-state index contributed by atoms with van der Waals surface area (Å²) in [7, 11) is 0. The lowest BCUT2D eigenvalue weighted by atomic mass is 10.2. The summed E-state index contributed by atoms with van der Waals surface area (Å²) in [5.74, 6) is -0.526. The van der Waals surface area contributed by atoms with Crippen LogP contribution in [0, 0.1) is 0 Å². The van der Waals surface area contributed by atoms with E-state index in [9.17, 15) is 19.5 Å². The average molecular weight is 460 g/mol. The van der Waals surface area contributed by atoms with Gasteiger partial charge in [0.05, 0.1) is 6.10 Å². The van der Waals surface area contributed by atoms with Crippen LogP contribution in [0.25, 0.3) is 0 Å². The van der Waals surface area contributed by atoms with Crippen LogP contribution < -0.4 is 16.0 Å². The first-order valence-corrected chi connectivity index (χ1v) is 11.2. The van der Waals surface area contributed by atoms with Crippen LogP contribution in [0.5, 0.6) is 0 Å². The highest BCUT2D eigenvalue weighted by Crippen LogP contribution is 2.17. The van der Waals surface area contributed by atoms with E-state index >= 15 is 0 Å². The van der Waals surface area contributed by atoms with Gasteiger partial charge in [0, 0.05) is 17.2 Å². The quantitative estimate of drug-likeness (QED) is 0.382. The Kier molecular flexibility index (Phi) is 10.6. The maximum atomic E-state index is 12.3. The molecule has 0 saturated heterocycles. The molecular formula is C23H29N3O5S. The number of nitrogens with one attached hydrogen (secondary N) is 3. The van der Waals surface area contributed by atoms with Crippen molar-refractivity contribution in [2.24, 2.45) is 0 Å². The SMILES string of the molecule is C[C@H](NC(=O)OCc1ccccc1)C(=O)N[C@@H](C)C(=O)NCC(O)CSc1ccccc1. The standard InChI is InChI=1S/C23H29N3O5S/c1-16(21(28)24-13-19(27)15-32-20-11-7-4-8-12-20)25-22(29)17(2)26-23(30)31-14-18-9-5-3-6-10-18/h3-12,16-17,19,27H,13-15H2,1-2H3,(H,24,28)(H,25,29)(H,26,30)/t16-,17-,19?/m0/s1. The number of carbonyl (C=O) groups is 3. The molecule has 3 atom stereocenters. The number of benzene rings is 2. The molecule has 0 fully saturated rings. The van der Waals surface area contributed by atoms with Gasteiger partial charge in [-0.05, 0) is 31.5 Å². The molecule has 0 bridgehead atoms. The van der Waals surface area contributed by atoms with Gasteiger partial charge in [0.25, 0.3) is 0 Å². The topological polar surface area (TPSA) is 117 Å². The molecule has 9 heteroatoms. The van der Waals surface area contributed by atoms with Crippen LogP contribution in [0.4, 0.5) is 4.79 Å². The summed E-state index contributed by atoms with van der Waals surface area (Å²) < 4.78 is 5.08. The smallest absolute Gasteiger partial charge is 0.408 e. The van der Waals surface area contributed by atoms with Gasteiger partial charge in [-0.1, -0.05) is 48.5 Å². The van der Waals surface area contributed by atoms with Crippen molar-refractivity contribution in [3.63, 3.8) is 0 Å². The van der Waals surface area contributed by atoms with Gasteiger partial charge >= 0.3 is 6.09 Å². The zero-order valence-electron chi connectivity index (χ0n) is 18.1. The number of ether oxygens (including phenoxy) is 1. The highest BCUT2D eigenvalue weighted by atomic mass is 32.2. The van der Waals surface area contributed by atoms with Crippen LogP contribution in [-0.2, 0) is 20.9 Å². The number of hydrogen-bond donors (Lipinski definition) is 4. The number of hydrogen-bond acceptors (Lipinski definition) is 6. The molecule has 0 spiro atoms. The van der Waals surface area contributed by atoms with E-state index in [0.717, 1.165) is 10.5 Å². The molecule has 2 aromatic rings. The minimum absolute atomic E-state index is 0.0679. The summed E-state index contributed by atoms with van der Waals surface area (Å²) in [5.41, 5.74) is 0.828. The molecule has 0 aliphatic rings. The van der Waals surface area contributed by atoms with E-state index in [1.54, 1.807) is 0 Å². The molecule has 1 unspecified atom stereocenters. The van der Waals surface area contributed by atoms with Crippen molar-refractivity contribution in [2.75, 3.05) is 12.3 Å². The van der Waals surface area contributed by atoms with Crippen LogP contribution in [0.15, 0.2) is 65.6 Å². The van der Waals surface area contributed by atoms with Crippen LogP contribution in [0.1, 0.15) is 19.4 Å². The second-order valence-corrected chi connectivity index (χ2v) is 8.27. The van der Waals surface area contributed by atoms with Crippen molar-refractivity contribution in [3.8, 4) is 0 Å². The molecule has 0 heterocycles. The number of alkyl carbamates (subject to hydrolysis) is 1. The monoisotopic (exact) mass is 459 g/mol. The molecule has 2 aromatic carbocycles. The van der Waals surface area contributed by atoms with Crippen molar-refractivity contribution in [3.05, 3.63) is 66.2 Å². The van der Waals surface area contributed by atoms with Gasteiger partial charge in [-0.15, -0.1) is 11.8 Å². The molecule has 32 heavy (non-hydrogen) atoms. The number of aliphatic hydroxyl groups excluding tert-OH is 1. The second-order valence-electron chi connectivity index (χ2n) is 7.18. The van der Waals surface area contributed by atoms with Gasteiger partial charge in [-0.25, -0.2) is 4.79 Å². The summed E-state index contributed by atoms with van der Waals surface area (Å²) >= 11 is 1.49. The minimum Gasteiger partial charge on any atom is -0.445 e. The molecule has 0 saturated carbocycles. The van der Waals surface area contributed by atoms with Gasteiger partial charge in [0.2, 0.25) is 11.8 Å². The Hall–Kier alpha value is -3.04. The number of thioether (sulfide) groups is 1. The Morgan fingerprint density at radius 1 is 0.906 bits per heavy atom. The molecule has 172 valence electrons. The van der Waals surface area contributed by atoms with Gasteiger partial charge < -0.3 is 25.8 Å². The highest BCUT2D eigenvalue weighted by molar-refractivity contribution is 7.99. The number of aliphatic hydroxyl groups is 1. The fraction of sp³-hybridized carbons (Fsp3) is 0.348. The first kappa shape index (κ1) is 25.2. The van der Waals surface area contributed by atoms with E-state index in [-0.39, 0.29) is 13.2 Å². The Balaban J connectivity index is 1.65. The molecule has 8 nitrogen and oxygen atoms in total. The predicted molar refractivity (Wildman–Crippen MR) is 123 cm³/mol. The first-order valence-electron chi connectivity index (χ1n) is 10.3. The van der Waals surface area contributed by atoms with Crippen LogP contribution >= 0.6 is 11.8 Å². The summed E-state index contributed by atoms with van der Waals surface area (Å²) in [6, 6.07) is 17.1. The number of rotatable bonds is 11. The highest BCUT2D eigenvalue weighted by Gasteiger charge is 2.21. The predicted octanol–water partition coefficient (Wildman–Crippen LogP) is 2.08. The lowest BCUT2D eigenvalue weighted by molar-refractivity contribution is -0.129. The average Bonchev–Trinajstić information content (AvgIpc) is 2.81. The van der Waals surface area contributed by atoms with E-state index in [0.29, 0.717) is 5.75 Å². The van der Waals surface area contributed by atoms with Gasteiger partial charge in [-0.3, -0.25) is 9.59 Å². The van der Waals surface area contributed by atoms with Gasteiger partial charge in [0.1, 0.15) is 18.7 Å². The largest absolute Gasteiger partial charge is 0.445 e. The lowest BCUT2D eigenvalue weighted by Gasteiger charge is -2.19. The van der Waals surface area contributed by atoms with Gasteiger partial charge in [-0.2, -0.15) is 0 Å². The Bertz CT molecular complexity index is 866. The third kappa shape index (κ3) is 9.40. The number of amides is 3. The molecule has 4 N–H and O–H groups in total. The van der Waals surface area contributed by atoms with Crippen molar-refractivity contribution in [2.45, 2.75) is 43.5 Å². The van der Waals surface area contributed by atoms with Crippen molar-refractivity contribution in [1.82, 2.24) is 16.0 Å². The molecule has 0 aliphatic heterocycles. The molecular weight excluding hydrogens is 430 g/mol. The van der Waals surface area contributed by atoms with Crippen molar-refractivity contribution in [1.29, 1.82) is 0 Å². The van der Waals surface area contributed by atoms with Crippen LogP contribution in [0.2, 0.25) is 0 Å². The fourth-order valence-corrected chi connectivity index (χ4v) is 3.40. The van der Waals surface area contributed by atoms with E-state index in [1.807, 2.05) is 60.7 Å². The Labute approximate surface area is 192 Å². The molecule has 0 aromatic heterocycles.